The molecular formula is C13H21NO3. The zero-order valence-corrected chi connectivity index (χ0v) is 10.4. The van der Waals surface area contributed by atoms with Gasteiger partial charge >= 0.3 is 5.97 Å². The van der Waals surface area contributed by atoms with E-state index < -0.39 is 0 Å². The molecule has 2 rings (SSSR count). The Hall–Kier alpha value is -1.06. The van der Waals surface area contributed by atoms with Crippen molar-refractivity contribution in [1.29, 1.82) is 0 Å². The molecule has 3 unspecified atom stereocenters. The van der Waals surface area contributed by atoms with Crippen LogP contribution in [0.4, 0.5) is 0 Å². The maximum atomic E-state index is 11.9. The summed E-state index contributed by atoms with van der Waals surface area (Å²) < 4.78 is 4.81. The van der Waals surface area contributed by atoms with Gasteiger partial charge in [-0.1, -0.05) is 6.42 Å². The molecule has 2 fully saturated rings. The molecule has 96 valence electrons. The molecule has 1 N–H and O–H groups in total. The summed E-state index contributed by atoms with van der Waals surface area (Å²) in [6, 6.07) is 0. The number of carbonyl (C=O) groups excluding carboxylic acids is 2. The molecule has 0 radical (unpaired) electrons. The lowest BCUT2D eigenvalue weighted by Gasteiger charge is -2.20. The van der Waals surface area contributed by atoms with Crippen molar-refractivity contribution in [2.45, 2.75) is 39.0 Å². The van der Waals surface area contributed by atoms with Crippen LogP contribution in [0.15, 0.2) is 0 Å². The summed E-state index contributed by atoms with van der Waals surface area (Å²) in [5.41, 5.74) is 0. The van der Waals surface area contributed by atoms with Crippen molar-refractivity contribution >= 4 is 11.9 Å². The highest BCUT2D eigenvalue weighted by Gasteiger charge is 2.42. The first kappa shape index (κ1) is 12.4. The summed E-state index contributed by atoms with van der Waals surface area (Å²) in [5, 5.41) is 2.86. The molecule has 4 nitrogen and oxygen atoms in total. The molecule has 0 aromatic rings. The van der Waals surface area contributed by atoms with Crippen LogP contribution in [0.25, 0.3) is 0 Å². The van der Waals surface area contributed by atoms with Gasteiger partial charge in [-0.25, -0.2) is 0 Å². The standard InChI is InChI=1S/C13H21NO3/c1-2-17-12(15)5-6-14-13(16)11-8-9-3-4-10(11)7-9/h9-11H,2-8H2,1H3,(H,14,16). The Balaban J connectivity index is 1.66. The van der Waals surface area contributed by atoms with E-state index in [2.05, 4.69) is 5.32 Å². The number of hydrogen-bond donors (Lipinski definition) is 1. The number of fused-ring (bicyclic) bond motifs is 2. The van der Waals surface area contributed by atoms with Crippen LogP contribution >= 0.6 is 0 Å². The lowest BCUT2D eigenvalue weighted by Crippen LogP contribution is -2.35. The van der Waals surface area contributed by atoms with E-state index in [1.807, 2.05) is 0 Å². The molecule has 0 saturated heterocycles. The van der Waals surface area contributed by atoms with Crippen LogP contribution in [-0.2, 0) is 14.3 Å². The number of carbonyl (C=O) groups is 2. The van der Waals surface area contributed by atoms with Crippen molar-refractivity contribution in [1.82, 2.24) is 5.32 Å². The van der Waals surface area contributed by atoms with E-state index in [9.17, 15) is 9.59 Å². The second-order valence-corrected chi connectivity index (χ2v) is 5.13. The van der Waals surface area contributed by atoms with E-state index in [0.29, 0.717) is 19.1 Å². The molecule has 0 spiro atoms. The zero-order chi connectivity index (χ0) is 12.3. The Bertz CT molecular complexity index is 303. The van der Waals surface area contributed by atoms with Gasteiger partial charge in [-0.05, 0) is 38.0 Å². The fourth-order valence-corrected chi connectivity index (χ4v) is 3.22. The molecule has 0 heterocycles. The molecule has 2 saturated carbocycles. The molecule has 1 amide bonds. The summed E-state index contributed by atoms with van der Waals surface area (Å²) in [5.74, 6) is 1.49. The number of ether oxygens (including phenoxy) is 1. The van der Waals surface area contributed by atoms with Crippen molar-refractivity contribution in [3.8, 4) is 0 Å². The van der Waals surface area contributed by atoms with Crippen molar-refractivity contribution in [3.63, 3.8) is 0 Å². The van der Waals surface area contributed by atoms with Crippen molar-refractivity contribution in [2.24, 2.45) is 17.8 Å². The zero-order valence-electron chi connectivity index (χ0n) is 10.4. The van der Waals surface area contributed by atoms with Crippen molar-refractivity contribution in [2.75, 3.05) is 13.2 Å². The largest absolute Gasteiger partial charge is 0.466 e. The van der Waals surface area contributed by atoms with E-state index in [1.54, 1.807) is 6.92 Å². The van der Waals surface area contributed by atoms with E-state index >= 15 is 0 Å². The van der Waals surface area contributed by atoms with Crippen LogP contribution in [-0.4, -0.2) is 25.0 Å². The van der Waals surface area contributed by atoms with E-state index in [-0.39, 0.29) is 24.2 Å². The first-order chi connectivity index (χ1) is 8.20. The van der Waals surface area contributed by atoms with Gasteiger partial charge in [0.15, 0.2) is 0 Å². The van der Waals surface area contributed by atoms with Gasteiger partial charge in [0, 0.05) is 12.5 Å². The summed E-state index contributed by atoms with van der Waals surface area (Å²) >= 11 is 0. The molecule has 2 aliphatic carbocycles. The number of amides is 1. The molecule has 0 aromatic carbocycles. The van der Waals surface area contributed by atoms with Crippen LogP contribution in [0.3, 0.4) is 0 Å². The Morgan fingerprint density at radius 3 is 2.71 bits per heavy atom. The Morgan fingerprint density at radius 2 is 2.12 bits per heavy atom. The van der Waals surface area contributed by atoms with Crippen LogP contribution in [0.5, 0.6) is 0 Å². The number of nitrogens with one attached hydrogen (secondary N) is 1. The van der Waals surface area contributed by atoms with E-state index in [1.165, 1.54) is 19.3 Å². The van der Waals surface area contributed by atoms with E-state index in [0.717, 1.165) is 12.3 Å². The van der Waals surface area contributed by atoms with Crippen LogP contribution in [0.2, 0.25) is 0 Å². The highest BCUT2D eigenvalue weighted by molar-refractivity contribution is 5.80. The molecular weight excluding hydrogens is 218 g/mol. The lowest BCUT2D eigenvalue weighted by molar-refractivity contribution is -0.143. The van der Waals surface area contributed by atoms with E-state index in [4.69, 9.17) is 4.74 Å². The average Bonchev–Trinajstić information content (AvgIpc) is 2.90. The van der Waals surface area contributed by atoms with Crippen molar-refractivity contribution < 1.29 is 14.3 Å². The first-order valence-corrected chi connectivity index (χ1v) is 6.64. The van der Waals surface area contributed by atoms with Gasteiger partial charge in [0.2, 0.25) is 5.91 Å². The molecule has 2 bridgehead atoms. The molecule has 0 aliphatic heterocycles. The topological polar surface area (TPSA) is 55.4 Å². The maximum absolute atomic E-state index is 11.9. The fourth-order valence-electron chi connectivity index (χ4n) is 3.22. The SMILES string of the molecule is CCOC(=O)CCNC(=O)C1CC2CCC1C2. The van der Waals surface area contributed by atoms with Gasteiger partial charge in [0.25, 0.3) is 0 Å². The highest BCUT2D eigenvalue weighted by atomic mass is 16.5. The quantitative estimate of drug-likeness (QED) is 0.740. The maximum Gasteiger partial charge on any atom is 0.307 e. The normalized spacial score (nSPS) is 30.3. The number of rotatable bonds is 5. The van der Waals surface area contributed by atoms with Gasteiger partial charge in [-0.2, -0.15) is 0 Å². The molecule has 0 aromatic heterocycles. The van der Waals surface area contributed by atoms with Crippen molar-refractivity contribution in [3.05, 3.63) is 0 Å². The number of hydrogen-bond acceptors (Lipinski definition) is 3. The minimum Gasteiger partial charge on any atom is -0.466 e. The number of esters is 1. The minimum atomic E-state index is -0.235. The summed E-state index contributed by atoms with van der Waals surface area (Å²) in [6.07, 6.45) is 5.07. The average molecular weight is 239 g/mol. The molecule has 3 atom stereocenters. The van der Waals surface area contributed by atoms with Gasteiger partial charge in [0.1, 0.15) is 0 Å². The Labute approximate surface area is 102 Å². The van der Waals surface area contributed by atoms with Crippen LogP contribution in [0, 0.1) is 17.8 Å². The second kappa shape index (κ2) is 5.52. The third-order valence-corrected chi connectivity index (χ3v) is 4.01. The highest BCUT2D eigenvalue weighted by Crippen LogP contribution is 2.48. The first-order valence-electron chi connectivity index (χ1n) is 6.64. The molecule has 4 heteroatoms. The summed E-state index contributed by atoms with van der Waals surface area (Å²) in [7, 11) is 0. The molecule has 2 aliphatic rings. The lowest BCUT2D eigenvalue weighted by atomic mass is 9.88. The fraction of sp³-hybridized carbons (Fsp3) is 0.846. The van der Waals surface area contributed by atoms with Crippen LogP contribution in [0.1, 0.15) is 39.0 Å². The van der Waals surface area contributed by atoms with Gasteiger partial charge in [-0.3, -0.25) is 9.59 Å². The Morgan fingerprint density at radius 1 is 1.29 bits per heavy atom. The van der Waals surface area contributed by atoms with Gasteiger partial charge < -0.3 is 10.1 Å². The molecule has 17 heavy (non-hydrogen) atoms. The predicted molar refractivity (Wildman–Crippen MR) is 63.2 cm³/mol. The monoisotopic (exact) mass is 239 g/mol. The summed E-state index contributed by atoms with van der Waals surface area (Å²) in [4.78, 5) is 23.0. The summed E-state index contributed by atoms with van der Waals surface area (Å²) in [6.45, 7) is 2.59. The third kappa shape index (κ3) is 2.99. The second-order valence-electron chi connectivity index (χ2n) is 5.13. The third-order valence-electron chi connectivity index (χ3n) is 4.01. The Kier molecular flexibility index (Phi) is 4.02. The predicted octanol–water partition coefficient (Wildman–Crippen LogP) is 1.49. The van der Waals surface area contributed by atoms with Gasteiger partial charge in [-0.15, -0.1) is 0 Å². The van der Waals surface area contributed by atoms with Gasteiger partial charge in [0.05, 0.1) is 13.0 Å². The smallest absolute Gasteiger partial charge is 0.307 e. The van der Waals surface area contributed by atoms with Crippen LogP contribution < -0.4 is 5.32 Å². The minimum absolute atomic E-state index is 0.140.